The average molecular weight is 122 g/mol. The molecule has 2 aliphatic carbocycles. The van der Waals surface area contributed by atoms with Crippen LogP contribution >= 0.6 is 0 Å². The number of rotatable bonds is 2. The van der Waals surface area contributed by atoms with Crippen molar-refractivity contribution in [2.24, 2.45) is 17.3 Å². The number of fused-ring (bicyclic) bond motifs is 1. The molecule has 0 heterocycles. The second-order valence-corrected chi connectivity index (χ2v) is 4.08. The molecular weight excluding hydrogens is 108 g/mol. The maximum Gasteiger partial charge on any atom is -0.0257 e. The van der Waals surface area contributed by atoms with Gasteiger partial charge in [0.05, 0.1) is 0 Å². The Hall–Kier alpha value is -0.260. The Kier molecular flexibility index (Phi) is 0.769. The average Bonchev–Trinajstić information content (AvgIpc) is 2.49. The molecule has 2 rings (SSSR count). The molecule has 0 heteroatoms. The molecule has 0 aromatic rings. The summed E-state index contributed by atoms with van der Waals surface area (Å²) in [7, 11) is 0. The molecule has 0 N–H and O–H groups in total. The summed E-state index contributed by atoms with van der Waals surface area (Å²) in [5, 5.41) is 0. The normalized spacial score (nSPS) is 52.2. The van der Waals surface area contributed by atoms with Gasteiger partial charge in [-0.2, -0.15) is 0 Å². The zero-order valence-corrected chi connectivity index (χ0v) is 6.28. The molecule has 2 aliphatic rings. The van der Waals surface area contributed by atoms with E-state index in [1.807, 2.05) is 0 Å². The zero-order chi connectivity index (χ0) is 6.65. The van der Waals surface area contributed by atoms with Gasteiger partial charge in [0.1, 0.15) is 0 Å². The summed E-state index contributed by atoms with van der Waals surface area (Å²) in [4.78, 5) is 0. The molecule has 0 radical (unpaired) electrons. The van der Waals surface area contributed by atoms with Gasteiger partial charge in [0.25, 0.3) is 0 Å². The van der Waals surface area contributed by atoms with Crippen LogP contribution in [0.4, 0.5) is 0 Å². The molecule has 9 heavy (non-hydrogen) atoms. The third-order valence-electron chi connectivity index (χ3n) is 3.14. The Morgan fingerprint density at radius 3 is 2.44 bits per heavy atom. The van der Waals surface area contributed by atoms with Crippen LogP contribution in [0.25, 0.3) is 0 Å². The third kappa shape index (κ3) is 0.593. The van der Waals surface area contributed by atoms with E-state index in [0.717, 1.165) is 17.3 Å². The van der Waals surface area contributed by atoms with Gasteiger partial charge < -0.3 is 0 Å². The fourth-order valence-electron chi connectivity index (χ4n) is 2.06. The Balaban J connectivity index is 1.87. The van der Waals surface area contributed by atoms with E-state index in [4.69, 9.17) is 0 Å². The molecule has 2 saturated carbocycles. The third-order valence-corrected chi connectivity index (χ3v) is 3.14. The van der Waals surface area contributed by atoms with Gasteiger partial charge in [-0.25, -0.2) is 0 Å². The molecule has 0 aromatic carbocycles. The van der Waals surface area contributed by atoms with Crippen molar-refractivity contribution < 1.29 is 0 Å². The molecule has 0 spiro atoms. The lowest BCUT2D eigenvalue weighted by Crippen LogP contribution is -1.94. The predicted molar refractivity (Wildman–Crippen MR) is 39.1 cm³/mol. The van der Waals surface area contributed by atoms with Crippen LogP contribution in [-0.4, -0.2) is 0 Å². The first-order valence-electron chi connectivity index (χ1n) is 3.79. The van der Waals surface area contributed by atoms with Crippen LogP contribution in [0, 0.1) is 17.3 Å². The largest absolute Gasteiger partial charge is 0.100 e. The van der Waals surface area contributed by atoms with Gasteiger partial charge in [-0.3, -0.25) is 0 Å². The maximum atomic E-state index is 3.92. The van der Waals surface area contributed by atoms with Crippen LogP contribution < -0.4 is 0 Å². The highest BCUT2D eigenvalue weighted by Gasteiger charge is 2.74. The van der Waals surface area contributed by atoms with E-state index in [2.05, 4.69) is 20.4 Å². The first-order chi connectivity index (χ1) is 4.14. The topological polar surface area (TPSA) is 0 Å². The molecule has 50 valence electrons. The number of hydrogen-bond acceptors (Lipinski definition) is 0. The van der Waals surface area contributed by atoms with Crippen molar-refractivity contribution in [1.82, 2.24) is 0 Å². The summed E-state index contributed by atoms with van der Waals surface area (Å²) in [6.45, 7) is 8.47. The Bertz CT molecular complexity index is 169. The minimum atomic E-state index is 0.805. The zero-order valence-electron chi connectivity index (χ0n) is 6.28. The van der Waals surface area contributed by atoms with E-state index in [0.29, 0.717) is 0 Å². The molecule has 3 atom stereocenters. The SMILES string of the molecule is C=C(C)CC1C2CC12C. The fourth-order valence-corrected chi connectivity index (χ4v) is 2.06. The fraction of sp³-hybridized carbons (Fsp3) is 0.778. The van der Waals surface area contributed by atoms with Crippen LogP contribution in [0.1, 0.15) is 26.7 Å². The molecule has 2 fully saturated rings. The van der Waals surface area contributed by atoms with Gasteiger partial charge in [0.2, 0.25) is 0 Å². The first kappa shape index (κ1) is 5.52. The van der Waals surface area contributed by atoms with E-state index in [-0.39, 0.29) is 0 Å². The smallest absolute Gasteiger partial charge is 0.0257 e. The van der Waals surface area contributed by atoms with Gasteiger partial charge in [0.15, 0.2) is 0 Å². The van der Waals surface area contributed by atoms with Crippen molar-refractivity contribution >= 4 is 0 Å². The van der Waals surface area contributed by atoms with Gasteiger partial charge in [-0.05, 0) is 37.0 Å². The lowest BCUT2D eigenvalue weighted by atomic mass is 10.0. The van der Waals surface area contributed by atoms with Crippen molar-refractivity contribution in [3.05, 3.63) is 12.2 Å². The minimum absolute atomic E-state index is 0.805. The summed E-state index contributed by atoms with van der Waals surface area (Å²) in [6, 6.07) is 0. The molecule has 0 saturated heterocycles. The molecule has 0 aromatic heterocycles. The van der Waals surface area contributed by atoms with Crippen molar-refractivity contribution in [3.63, 3.8) is 0 Å². The van der Waals surface area contributed by atoms with Crippen molar-refractivity contribution in [2.75, 3.05) is 0 Å². The molecular formula is C9H14. The van der Waals surface area contributed by atoms with Crippen molar-refractivity contribution in [1.29, 1.82) is 0 Å². The summed E-state index contributed by atoms with van der Waals surface area (Å²) in [5.74, 6) is 2.14. The van der Waals surface area contributed by atoms with Crippen LogP contribution in [0.15, 0.2) is 12.2 Å². The molecule has 0 nitrogen and oxygen atoms in total. The van der Waals surface area contributed by atoms with Crippen molar-refractivity contribution in [3.8, 4) is 0 Å². The highest BCUT2D eigenvalue weighted by Crippen LogP contribution is 2.81. The van der Waals surface area contributed by atoms with E-state index in [1.54, 1.807) is 0 Å². The molecule has 0 aliphatic heterocycles. The second-order valence-electron chi connectivity index (χ2n) is 4.08. The van der Waals surface area contributed by atoms with Gasteiger partial charge in [-0.15, -0.1) is 6.58 Å². The predicted octanol–water partition coefficient (Wildman–Crippen LogP) is 2.61. The van der Waals surface area contributed by atoms with Crippen LogP contribution in [0.3, 0.4) is 0 Å². The highest BCUT2D eigenvalue weighted by atomic mass is 14.8. The van der Waals surface area contributed by atoms with Crippen molar-refractivity contribution in [2.45, 2.75) is 26.7 Å². The Morgan fingerprint density at radius 1 is 1.78 bits per heavy atom. The van der Waals surface area contributed by atoms with E-state index in [1.165, 1.54) is 18.4 Å². The summed E-state index contributed by atoms with van der Waals surface area (Å²) in [6.07, 6.45) is 2.80. The number of hydrogen-bond donors (Lipinski definition) is 0. The molecule has 0 bridgehead atoms. The standard InChI is InChI=1S/C9H14/c1-6(2)4-7-8-5-9(7,8)3/h7-8H,1,4-5H2,2-3H3. The summed E-state index contributed by atoms with van der Waals surface area (Å²) >= 11 is 0. The second kappa shape index (κ2) is 1.25. The maximum absolute atomic E-state index is 3.92. The lowest BCUT2D eigenvalue weighted by molar-refractivity contribution is 0.516. The van der Waals surface area contributed by atoms with E-state index in [9.17, 15) is 0 Å². The van der Waals surface area contributed by atoms with E-state index >= 15 is 0 Å². The van der Waals surface area contributed by atoms with Crippen LogP contribution in [0.5, 0.6) is 0 Å². The number of allylic oxidation sites excluding steroid dienone is 1. The molecule has 3 unspecified atom stereocenters. The molecule has 0 amide bonds. The van der Waals surface area contributed by atoms with Gasteiger partial charge >= 0.3 is 0 Å². The quantitative estimate of drug-likeness (QED) is 0.494. The lowest BCUT2D eigenvalue weighted by Gasteiger charge is -2.05. The highest BCUT2D eigenvalue weighted by molar-refractivity contribution is 5.25. The minimum Gasteiger partial charge on any atom is -0.100 e. The van der Waals surface area contributed by atoms with Gasteiger partial charge in [0, 0.05) is 0 Å². The summed E-state index contributed by atoms with van der Waals surface area (Å²) < 4.78 is 0. The van der Waals surface area contributed by atoms with Crippen LogP contribution in [-0.2, 0) is 0 Å². The van der Waals surface area contributed by atoms with Crippen LogP contribution in [0.2, 0.25) is 0 Å². The Labute approximate surface area is 57.0 Å². The van der Waals surface area contributed by atoms with E-state index < -0.39 is 0 Å². The Morgan fingerprint density at radius 2 is 2.33 bits per heavy atom. The monoisotopic (exact) mass is 122 g/mol. The summed E-state index contributed by atoms with van der Waals surface area (Å²) in [5.41, 5.74) is 2.17. The first-order valence-corrected chi connectivity index (χ1v) is 3.79. The van der Waals surface area contributed by atoms with Gasteiger partial charge in [-0.1, -0.05) is 12.5 Å².